The SMILES string of the molecule is O=C(NCc1cccnc1-c1cccs1)c1ccccc1Oc1ccccc1. The maximum atomic E-state index is 12.8. The van der Waals surface area contributed by atoms with Crippen LogP contribution in [0.1, 0.15) is 15.9 Å². The molecule has 0 spiro atoms. The Morgan fingerprint density at radius 1 is 0.929 bits per heavy atom. The number of rotatable bonds is 6. The van der Waals surface area contributed by atoms with Gasteiger partial charge in [-0.15, -0.1) is 11.3 Å². The largest absolute Gasteiger partial charge is 0.457 e. The zero-order chi connectivity index (χ0) is 19.2. The van der Waals surface area contributed by atoms with Crippen LogP contribution in [0.5, 0.6) is 11.5 Å². The van der Waals surface area contributed by atoms with Gasteiger partial charge in [-0.3, -0.25) is 9.78 Å². The number of para-hydroxylation sites is 2. The van der Waals surface area contributed by atoms with Crippen LogP contribution in [0.4, 0.5) is 0 Å². The van der Waals surface area contributed by atoms with Crippen molar-refractivity contribution in [2.24, 2.45) is 0 Å². The van der Waals surface area contributed by atoms with E-state index in [4.69, 9.17) is 4.74 Å². The lowest BCUT2D eigenvalue weighted by Gasteiger charge is -2.12. The summed E-state index contributed by atoms with van der Waals surface area (Å²) in [6.07, 6.45) is 1.77. The number of hydrogen-bond acceptors (Lipinski definition) is 4. The molecule has 0 aliphatic rings. The van der Waals surface area contributed by atoms with Gasteiger partial charge in [0, 0.05) is 12.7 Å². The molecule has 4 rings (SSSR count). The van der Waals surface area contributed by atoms with Crippen LogP contribution >= 0.6 is 11.3 Å². The monoisotopic (exact) mass is 386 g/mol. The molecule has 1 N–H and O–H groups in total. The lowest BCUT2D eigenvalue weighted by molar-refractivity contribution is 0.0948. The van der Waals surface area contributed by atoms with Crippen molar-refractivity contribution >= 4 is 17.2 Å². The molecule has 2 aromatic heterocycles. The van der Waals surface area contributed by atoms with Gasteiger partial charge in [-0.25, -0.2) is 0 Å². The van der Waals surface area contributed by atoms with Crippen molar-refractivity contribution in [3.05, 3.63) is 102 Å². The summed E-state index contributed by atoms with van der Waals surface area (Å²) < 4.78 is 5.89. The fourth-order valence-corrected chi connectivity index (χ4v) is 3.60. The third kappa shape index (κ3) is 4.10. The Morgan fingerprint density at radius 2 is 1.75 bits per heavy atom. The lowest BCUT2D eigenvalue weighted by Crippen LogP contribution is -2.23. The van der Waals surface area contributed by atoms with Crippen molar-refractivity contribution in [2.45, 2.75) is 6.54 Å². The molecular weight excluding hydrogens is 368 g/mol. The van der Waals surface area contributed by atoms with Crippen LogP contribution in [-0.4, -0.2) is 10.9 Å². The third-order valence-corrected chi connectivity index (χ3v) is 5.06. The second kappa shape index (κ2) is 8.50. The van der Waals surface area contributed by atoms with Gasteiger partial charge in [0.05, 0.1) is 16.1 Å². The second-order valence-electron chi connectivity index (χ2n) is 6.08. The van der Waals surface area contributed by atoms with E-state index in [9.17, 15) is 4.79 Å². The first-order valence-corrected chi connectivity index (χ1v) is 9.77. The molecule has 2 aromatic carbocycles. The molecule has 138 valence electrons. The minimum atomic E-state index is -0.187. The molecule has 5 heteroatoms. The van der Waals surface area contributed by atoms with E-state index in [0.717, 1.165) is 16.1 Å². The molecule has 0 unspecified atom stereocenters. The Bertz CT molecular complexity index is 1060. The molecule has 1 amide bonds. The van der Waals surface area contributed by atoms with E-state index in [1.165, 1.54) is 0 Å². The van der Waals surface area contributed by atoms with Crippen LogP contribution in [0.3, 0.4) is 0 Å². The fourth-order valence-electron chi connectivity index (χ4n) is 2.85. The van der Waals surface area contributed by atoms with Crippen molar-refractivity contribution in [1.29, 1.82) is 0 Å². The molecule has 0 atom stereocenters. The highest BCUT2D eigenvalue weighted by Gasteiger charge is 2.14. The summed E-state index contributed by atoms with van der Waals surface area (Å²) >= 11 is 1.63. The van der Waals surface area contributed by atoms with E-state index in [1.807, 2.05) is 72.1 Å². The van der Waals surface area contributed by atoms with Gasteiger partial charge in [0.25, 0.3) is 5.91 Å². The van der Waals surface area contributed by atoms with Crippen molar-refractivity contribution in [3.63, 3.8) is 0 Å². The van der Waals surface area contributed by atoms with Gasteiger partial charge in [-0.1, -0.05) is 42.5 Å². The molecule has 0 saturated carbocycles. The minimum Gasteiger partial charge on any atom is -0.457 e. The zero-order valence-electron chi connectivity index (χ0n) is 15.0. The number of thiophene rings is 1. The van der Waals surface area contributed by atoms with Crippen LogP contribution in [0.2, 0.25) is 0 Å². The number of carbonyl (C=O) groups excluding carboxylic acids is 1. The van der Waals surface area contributed by atoms with Crippen LogP contribution in [0, 0.1) is 0 Å². The number of ether oxygens (including phenoxy) is 1. The first-order valence-electron chi connectivity index (χ1n) is 8.89. The van der Waals surface area contributed by atoms with E-state index < -0.39 is 0 Å². The third-order valence-electron chi connectivity index (χ3n) is 4.19. The van der Waals surface area contributed by atoms with Gasteiger partial charge >= 0.3 is 0 Å². The second-order valence-corrected chi connectivity index (χ2v) is 7.03. The van der Waals surface area contributed by atoms with E-state index in [1.54, 1.807) is 29.7 Å². The van der Waals surface area contributed by atoms with Gasteiger partial charge in [0.15, 0.2) is 0 Å². The van der Waals surface area contributed by atoms with Gasteiger partial charge in [-0.2, -0.15) is 0 Å². The number of pyridine rings is 1. The van der Waals surface area contributed by atoms with Gasteiger partial charge in [-0.05, 0) is 47.3 Å². The summed E-state index contributed by atoms with van der Waals surface area (Å²) in [5, 5.41) is 5.01. The van der Waals surface area contributed by atoms with Crippen LogP contribution in [0.25, 0.3) is 10.6 Å². The molecule has 0 aliphatic carbocycles. The molecule has 0 aliphatic heterocycles. The van der Waals surface area contributed by atoms with E-state index in [-0.39, 0.29) is 5.91 Å². The molecule has 0 saturated heterocycles. The summed E-state index contributed by atoms with van der Waals surface area (Å²) in [5.74, 6) is 1.03. The van der Waals surface area contributed by atoms with Crippen LogP contribution in [0.15, 0.2) is 90.4 Å². The first kappa shape index (κ1) is 17.9. The summed E-state index contributed by atoms with van der Waals surface area (Å²) in [6, 6.07) is 24.5. The van der Waals surface area contributed by atoms with E-state index in [0.29, 0.717) is 23.6 Å². The quantitative estimate of drug-likeness (QED) is 0.474. The highest BCUT2D eigenvalue weighted by atomic mass is 32.1. The number of aromatic nitrogens is 1. The van der Waals surface area contributed by atoms with Gasteiger partial charge < -0.3 is 10.1 Å². The Balaban J connectivity index is 1.51. The minimum absolute atomic E-state index is 0.187. The summed E-state index contributed by atoms with van der Waals surface area (Å²) in [7, 11) is 0. The summed E-state index contributed by atoms with van der Waals surface area (Å²) in [6.45, 7) is 0.388. The number of hydrogen-bond donors (Lipinski definition) is 1. The smallest absolute Gasteiger partial charge is 0.255 e. The number of amides is 1. The highest BCUT2D eigenvalue weighted by molar-refractivity contribution is 7.13. The lowest BCUT2D eigenvalue weighted by atomic mass is 10.1. The topological polar surface area (TPSA) is 51.2 Å². The zero-order valence-corrected chi connectivity index (χ0v) is 15.9. The molecule has 0 fully saturated rings. The molecule has 0 radical (unpaired) electrons. The Labute approximate surface area is 167 Å². The van der Waals surface area contributed by atoms with Crippen molar-refractivity contribution < 1.29 is 9.53 Å². The van der Waals surface area contributed by atoms with E-state index in [2.05, 4.69) is 10.3 Å². The Morgan fingerprint density at radius 3 is 2.57 bits per heavy atom. The first-order chi connectivity index (χ1) is 13.8. The number of nitrogens with one attached hydrogen (secondary N) is 1. The van der Waals surface area contributed by atoms with Crippen LogP contribution < -0.4 is 10.1 Å². The van der Waals surface area contributed by atoms with Crippen molar-refractivity contribution in [2.75, 3.05) is 0 Å². The molecule has 0 bridgehead atoms. The molecular formula is C23H18N2O2S. The predicted molar refractivity (Wildman–Crippen MR) is 112 cm³/mol. The maximum Gasteiger partial charge on any atom is 0.255 e. The molecule has 2 heterocycles. The Hall–Kier alpha value is -3.44. The summed E-state index contributed by atoms with van der Waals surface area (Å²) in [4.78, 5) is 18.4. The van der Waals surface area contributed by atoms with E-state index >= 15 is 0 Å². The average molecular weight is 386 g/mol. The standard InChI is InChI=1S/C23H18N2O2S/c26-23(19-11-4-5-12-20(19)27-18-9-2-1-3-10-18)25-16-17-8-6-14-24-22(17)21-13-7-15-28-21/h1-15H,16H2,(H,25,26). The van der Waals surface area contributed by atoms with Gasteiger partial charge in [0.1, 0.15) is 11.5 Å². The Kier molecular flexibility index (Phi) is 5.45. The molecule has 28 heavy (non-hydrogen) atoms. The highest BCUT2D eigenvalue weighted by Crippen LogP contribution is 2.27. The molecule has 4 aromatic rings. The van der Waals surface area contributed by atoms with Gasteiger partial charge in [0.2, 0.25) is 0 Å². The molecule has 4 nitrogen and oxygen atoms in total. The fraction of sp³-hybridized carbons (Fsp3) is 0.0435. The number of carbonyl (C=O) groups is 1. The average Bonchev–Trinajstić information content (AvgIpc) is 3.28. The number of benzene rings is 2. The predicted octanol–water partition coefficient (Wildman–Crippen LogP) is 5.53. The number of nitrogens with zero attached hydrogens (tertiary/aromatic N) is 1. The van der Waals surface area contributed by atoms with Crippen molar-refractivity contribution in [1.82, 2.24) is 10.3 Å². The summed E-state index contributed by atoms with van der Waals surface area (Å²) in [5.41, 5.74) is 2.36. The van der Waals surface area contributed by atoms with Crippen molar-refractivity contribution in [3.8, 4) is 22.1 Å². The maximum absolute atomic E-state index is 12.8. The normalized spacial score (nSPS) is 10.4. The van der Waals surface area contributed by atoms with Crippen LogP contribution in [-0.2, 0) is 6.54 Å².